The van der Waals surface area contributed by atoms with Crippen LogP contribution in [0.2, 0.25) is 0 Å². The molecule has 0 atom stereocenters. The van der Waals surface area contributed by atoms with Gasteiger partial charge in [-0.05, 0) is 47.9 Å². The van der Waals surface area contributed by atoms with Crippen LogP contribution < -0.4 is 10.6 Å². The molecular weight excluding hydrogens is 366 g/mol. The van der Waals surface area contributed by atoms with E-state index in [1.807, 2.05) is 36.5 Å². The maximum absolute atomic E-state index is 12.2. The number of aromatic nitrogens is 1. The summed E-state index contributed by atoms with van der Waals surface area (Å²) >= 11 is 0. The van der Waals surface area contributed by atoms with Gasteiger partial charge in [-0.2, -0.15) is 0 Å². The average molecular weight is 387 g/mol. The fourth-order valence-electron chi connectivity index (χ4n) is 3.18. The first-order valence-corrected chi connectivity index (χ1v) is 9.44. The Bertz CT molecular complexity index is 1110. The number of benzene rings is 2. The molecule has 2 aromatic carbocycles. The Labute approximate surface area is 167 Å². The largest absolute Gasteiger partial charge is 0.459 e. The number of fused-ring (bicyclic) bond motifs is 1. The maximum Gasteiger partial charge on any atom is 0.291 e. The zero-order valence-corrected chi connectivity index (χ0v) is 15.8. The van der Waals surface area contributed by atoms with E-state index in [1.165, 1.54) is 6.26 Å². The van der Waals surface area contributed by atoms with E-state index in [-0.39, 0.29) is 17.6 Å². The van der Waals surface area contributed by atoms with E-state index in [2.05, 4.69) is 21.7 Å². The summed E-state index contributed by atoms with van der Waals surface area (Å²) in [4.78, 5) is 27.4. The topological polar surface area (TPSA) is 87.1 Å². The Kier molecular flexibility index (Phi) is 5.42. The third-order valence-corrected chi connectivity index (χ3v) is 4.74. The number of H-pyrrole nitrogens is 1. The normalized spacial score (nSPS) is 10.8. The van der Waals surface area contributed by atoms with Gasteiger partial charge in [0.1, 0.15) is 0 Å². The average Bonchev–Trinajstić information content (AvgIpc) is 3.42. The van der Waals surface area contributed by atoms with Crippen LogP contribution in [-0.2, 0) is 17.8 Å². The summed E-state index contributed by atoms with van der Waals surface area (Å²) in [5.74, 6) is -0.0321. The molecule has 0 aliphatic carbocycles. The van der Waals surface area contributed by atoms with E-state index < -0.39 is 0 Å². The number of aromatic amines is 1. The van der Waals surface area contributed by atoms with Gasteiger partial charge in [0.05, 0.1) is 6.26 Å². The molecule has 2 amide bonds. The number of anilines is 1. The Morgan fingerprint density at radius 1 is 0.966 bits per heavy atom. The first-order valence-electron chi connectivity index (χ1n) is 9.44. The third-order valence-electron chi connectivity index (χ3n) is 4.74. The Morgan fingerprint density at radius 3 is 2.59 bits per heavy atom. The number of furan rings is 1. The van der Waals surface area contributed by atoms with Gasteiger partial charge in [-0.1, -0.05) is 30.3 Å². The van der Waals surface area contributed by atoms with Crippen molar-refractivity contribution in [3.05, 3.63) is 90.0 Å². The Morgan fingerprint density at radius 2 is 1.79 bits per heavy atom. The lowest BCUT2D eigenvalue weighted by molar-refractivity contribution is -0.121. The standard InChI is InChI=1S/C23H21N3O3/c27-22(12-9-17-15-24-20-5-2-1-4-19(17)20)25-14-16-7-10-18(11-8-16)26-23(28)21-6-3-13-29-21/h1-8,10-11,13,15,24H,9,12,14H2,(H,25,27)(H,26,28). The van der Waals surface area contributed by atoms with Gasteiger partial charge in [-0.3, -0.25) is 9.59 Å². The molecule has 6 nitrogen and oxygen atoms in total. The summed E-state index contributed by atoms with van der Waals surface area (Å²) in [6, 6.07) is 18.7. The molecule has 29 heavy (non-hydrogen) atoms. The number of carbonyl (C=O) groups is 2. The number of hydrogen-bond acceptors (Lipinski definition) is 3. The van der Waals surface area contributed by atoms with E-state index in [1.54, 1.807) is 24.3 Å². The van der Waals surface area contributed by atoms with Gasteiger partial charge in [-0.15, -0.1) is 0 Å². The molecule has 0 bridgehead atoms. The van der Waals surface area contributed by atoms with E-state index in [0.717, 1.165) is 22.0 Å². The van der Waals surface area contributed by atoms with E-state index in [9.17, 15) is 9.59 Å². The van der Waals surface area contributed by atoms with Crippen molar-refractivity contribution in [2.45, 2.75) is 19.4 Å². The molecule has 4 aromatic rings. The van der Waals surface area contributed by atoms with E-state index in [4.69, 9.17) is 4.42 Å². The van der Waals surface area contributed by atoms with Crippen LogP contribution in [0.25, 0.3) is 10.9 Å². The summed E-state index contributed by atoms with van der Waals surface area (Å²) in [5, 5.41) is 6.86. The van der Waals surface area contributed by atoms with Crippen LogP contribution in [0.3, 0.4) is 0 Å². The molecule has 0 aliphatic rings. The summed E-state index contributed by atoms with van der Waals surface area (Å²) in [6.07, 6.45) is 4.54. The van der Waals surface area contributed by atoms with Gasteiger partial charge < -0.3 is 20.0 Å². The first-order chi connectivity index (χ1) is 14.2. The van der Waals surface area contributed by atoms with Crippen molar-refractivity contribution in [2.24, 2.45) is 0 Å². The molecule has 0 fully saturated rings. The van der Waals surface area contributed by atoms with Crippen LogP contribution in [0.4, 0.5) is 5.69 Å². The fourth-order valence-corrected chi connectivity index (χ4v) is 3.18. The lowest BCUT2D eigenvalue weighted by Crippen LogP contribution is -2.23. The van der Waals surface area contributed by atoms with Crippen LogP contribution in [-0.4, -0.2) is 16.8 Å². The van der Waals surface area contributed by atoms with Crippen molar-refractivity contribution >= 4 is 28.4 Å². The second kappa shape index (κ2) is 8.48. The van der Waals surface area contributed by atoms with Crippen molar-refractivity contribution in [1.29, 1.82) is 0 Å². The maximum atomic E-state index is 12.2. The number of carbonyl (C=O) groups excluding carboxylic acids is 2. The molecule has 2 aromatic heterocycles. The van der Waals surface area contributed by atoms with E-state index in [0.29, 0.717) is 25.1 Å². The highest BCUT2D eigenvalue weighted by atomic mass is 16.3. The first kappa shape index (κ1) is 18.6. The fraction of sp³-hybridized carbons (Fsp3) is 0.130. The molecule has 4 rings (SSSR count). The molecule has 0 saturated heterocycles. The minimum atomic E-state index is -0.298. The number of hydrogen-bond donors (Lipinski definition) is 3. The Balaban J connectivity index is 1.25. The van der Waals surface area contributed by atoms with Crippen molar-refractivity contribution in [3.8, 4) is 0 Å². The Hall–Kier alpha value is -3.80. The number of aryl methyl sites for hydroxylation is 1. The molecule has 2 heterocycles. The van der Waals surface area contributed by atoms with Crippen LogP contribution >= 0.6 is 0 Å². The highest BCUT2D eigenvalue weighted by Gasteiger charge is 2.09. The SMILES string of the molecule is O=C(CCc1c[nH]c2ccccc12)NCc1ccc(NC(=O)c2ccco2)cc1. The van der Waals surface area contributed by atoms with Gasteiger partial charge in [0.15, 0.2) is 5.76 Å². The molecule has 3 N–H and O–H groups in total. The third kappa shape index (κ3) is 4.55. The smallest absolute Gasteiger partial charge is 0.291 e. The second-order valence-corrected chi connectivity index (χ2v) is 6.76. The van der Waals surface area contributed by atoms with Gasteiger partial charge in [-0.25, -0.2) is 0 Å². The minimum Gasteiger partial charge on any atom is -0.459 e. The lowest BCUT2D eigenvalue weighted by atomic mass is 10.1. The number of nitrogens with one attached hydrogen (secondary N) is 3. The van der Waals surface area contributed by atoms with Crippen LogP contribution in [0.15, 0.2) is 77.5 Å². The van der Waals surface area contributed by atoms with Gasteiger partial charge >= 0.3 is 0 Å². The van der Waals surface area contributed by atoms with Crippen molar-refractivity contribution < 1.29 is 14.0 Å². The van der Waals surface area contributed by atoms with Crippen LogP contribution in [0.5, 0.6) is 0 Å². The zero-order valence-electron chi connectivity index (χ0n) is 15.8. The quantitative estimate of drug-likeness (QED) is 0.443. The predicted octanol–water partition coefficient (Wildman–Crippen LogP) is 4.26. The van der Waals surface area contributed by atoms with Gasteiger partial charge in [0, 0.05) is 35.8 Å². The molecule has 0 saturated carbocycles. The second-order valence-electron chi connectivity index (χ2n) is 6.76. The van der Waals surface area contributed by atoms with Crippen molar-refractivity contribution in [1.82, 2.24) is 10.3 Å². The minimum absolute atomic E-state index is 0.00507. The predicted molar refractivity (Wildman–Crippen MR) is 112 cm³/mol. The van der Waals surface area contributed by atoms with Crippen LogP contribution in [0.1, 0.15) is 28.1 Å². The summed E-state index contributed by atoms with van der Waals surface area (Å²) in [7, 11) is 0. The van der Waals surface area contributed by atoms with Crippen molar-refractivity contribution in [3.63, 3.8) is 0 Å². The number of para-hydroxylation sites is 1. The molecule has 146 valence electrons. The van der Waals surface area contributed by atoms with Gasteiger partial charge in [0.25, 0.3) is 5.91 Å². The highest BCUT2D eigenvalue weighted by molar-refractivity contribution is 6.02. The number of amides is 2. The highest BCUT2D eigenvalue weighted by Crippen LogP contribution is 2.19. The summed E-state index contributed by atoms with van der Waals surface area (Å²) in [6.45, 7) is 0.444. The molecule has 0 radical (unpaired) electrons. The van der Waals surface area contributed by atoms with Crippen LogP contribution in [0, 0.1) is 0 Å². The molecule has 6 heteroatoms. The molecular formula is C23H21N3O3. The zero-order chi connectivity index (χ0) is 20.1. The van der Waals surface area contributed by atoms with E-state index >= 15 is 0 Å². The number of rotatable bonds is 7. The summed E-state index contributed by atoms with van der Waals surface area (Å²) in [5.41, 5.74) is 3.86. The lowest BCUT2D eigenvalue weighted by Gasteiger charge is -2.07. The van der Waals surface area contributed by atoms with Crippen molar-refractivity contribution in [2.75, 3.05) is 5.32 Å². The molecule has 0 aliphatic heterocycles. The monoisotopic (exact) mass is 387 g/mol. The molecule has 0 spiro atoms. The van der Waals surface area contributed by atoms with Gasteiger partial charge in [0.2, 0.25) is 5.91 Å². The molecule has 0 unspecified atom stereocenters. The summed E-state index contributed by atoms with van der Waals surface area (Å²) < 4.78 is 5.07.